The predicted molar refractivity (Wildman–Crippen MR) is 91.1 cm³/mol. The van der Waals surface area contributed by atoms with E-state index in [0.717, 1.165) is 13.1 Å². The number of rotatable bonds is 11. The smallest absolute Gasteiger partial charge is 0.410 e. The molecule has 0 aliphatic heterocycles. The highest BCUT2D eigenvalue weighted by atomic mass is 16.6. The molecule has 5 heteroatoms. The third-order valence-corrected chi connectivity index (χ3v) is 3.15. The standard InChI is InChI=1S/C17H36N2O3/c1-6-7-8-9-10-11-18-12-13-19(14-15(2)20)16(21)22-17(3,4)5/h15,18,20H,6-14H2,1-5H3. The first-order valence-electron chi connectivity index (χ1n) is 8.63. The summed E-state index contributed by atoms with van der Waals surface area (Å²) in [7, 11) is 0. The van der Waals surface area contributed by atoms with Crippen LogP contribution in [0.4, 0.5) is 4.79 Å². The van der Waals surface area contributed by atoms with Gasteiger partial charge in [0, 0.05) is 19.6 Å². The van der Waals surface area contributed by atoms with E-state index in [1.54, 1.807) is 11.8 Å². The number of ether oxygens (including phenoxy) is 1. The number of aliphatic hydroxyl groups is 1. The Balaban J connectivity index is 3.97. The van der Waals surface area contributed by atoms with Crippen LogP contribution in [0.2, 0.25) is 0 Å². The summed E-state index contributed by atoms with van der Waals surface area (Å²) in [6.07, 6.45) is 5.37. The van der Waals surface area contributed by atoms with Gasteiger partial charge in [0.2, 0.25) is 0 Å². The highest BCUT2D eigenvalue weighted by Gasteiger charge is 2.22. The van der Waals surface area contributed by atoms with Crippen molar-refractivity contribution in [2.24, 2.45) is 0 Å². The number of unbranched alkanes of at least 4 members (excludes halogenated alkanes) is 4. The summed E-state index contributed by atoms with van der Waals surface area (Å²) in [4.78, 5) is 13.7. The van der Waals surface area contributed by atoms with E-state index in [1.807, 2.05) is 20.8 Å². The zero-order valence-corrected chi connectivity index (χ0v) is 15.2. The average Bonchev–Trinajstić information content (AvgIpc) is 2.38. The maximum absolute atomic E-state index is 12.1. The predicted octanol–water partition coefficient (Wildman–Crippen LogP) is 3.16. The molecule has 0 aromatic carbocycles. The van der Waals surface area contributed by atoms with Crippen molar-refractivity contribution >= 4 is 6.09 Å². The molecule has 2 N–H and O–H groups in total. The van der Waals surface area contributed by atoms with Gasteiger partial charge in [0.1, 0.15) is 5.60 Å². The average molecular weight is 316 g/mol. The van der Waals surface area contributed by atoms with Crippen LogP contribution in [0.25, 0.3) is 0 Å². The van der Waals surface area contributed by atoms with E-state index in [2.05, 4.69) is 12.2 Å². The fourth-order valence-corrected chi connectivity index (χ4v) is 2.10. The molecule has 132 valence electrons. The van der Waals surface area contributed by atoms with Crippen LogP contribution in [0.3, 0.4) is 0 Å². The fraction of sp³-hybridized carbons (Fsp3) is 0.941. The van der Waals surface area contributed by atoms with Crippen LogP contribution < -0.4 is 5.32 Å². The molecule has 0 spiro atoms. The molecule has 0 aliphatic carbocycles. The van der Waals surface area contributed by atoms with E-state index in [0.29, 0.717) is 13.1 Å². The molecule has 0 radical (unpaired) electrons. The number of carbonyl (C=O) groups excluding carboxylic acids is 1. The Morgan fingerprint density at radius 1 is 1.18 bits per heavy atom. The maximum Gasteiger partial charge on any atom is 0.410 e. The lowest BCUT2D eigenvalue weighted by Gasteiger charge is -2.28. The summed E-state index contributed by atoms with van der Waals surface area (Å²) >= 11 is 0. The molecule has 1 amide bonds. The molecule has 0 heterocycles. The SMILES string of the molecule is CCCCCCCNCCN(CC(C)O)C(=O)OC(C)(C)C. The second-order valence-electron chi connectivity index (χ2n) is 6.94. The summed E-state index contributed by atoms with van der Waals surface area (Å²) in [5.41, 5.74) is -0.513. The van der Waals surface area contributed by atoms with Gasteiger partial charge in [0.05, 0.1) is 6.10 Å². The van der Waals surface area contributed by atoms with Gasteiger partial charge in [-0.25, -0.2) is 4.79 Å². The molecule has 0 saturated carbocycles. The van der Waals surface area contributed by atoms with E-state index in [9.17, 15) is 9.90 Å². The molecule has 1 unspecified atom stereocenters. The minimum Gasteiger partial charge on any atom is -0.444 e. The normalized spacial score (nSPS) is 13.0. The maximum atomic E-state index is 12.1. The third kappa shape index (κ3) is 12.9. The molecule has 0 rings (SSSR count). The summed E-state index contributed by atoms with van der Waals surface area (Å²) in [5.74, 6) is 0. The Bertz CT molecular complexity index is 288. The van der Waals surface area contributed by atoms with Crippen molar-refractivity contribution in [3.8, 4) is 0 Å². The first kappa shape index (κ1) is 21.2. The summed E-state index contributed by atoms with van der Waals surface area (Å²) in [6, 6.07) is 0. The highest BCUT2D eigenvalue weighted by molar-refractivity contribution is 5.68. The van der Waals surface area contributed by atoms with Gasteiger partial charge in [-0.1, -0.05) is 32.6 Å². The number of aliphatic hydroxyl groups excluding tert-OH is 1. The summed E-state index contributed by atoms with van der Waals surface area (Å²) in [5, 5.41) is 12.9. The Labute approximate surface area is 136 Å². The number of carbonyl (C=O) groups is 1. The van der Waals surface area contributed by atoms with E-state index >= 15 is 0 Å². The lowest BCUT2D eigenvalue weighted by Crippen LogP contribution is -2.43. The zero-order chi connectivity index (χ0) is 17.0. The van der Waals surface area contributed by atoms with Gasteiger partial charge in [0.25, 0.3) is 0 Å². The topological polar surface area (TPSA) is 61.8 Å². The van der Waals surface area contributed by atoms with Crippen LogP contribution in [0.1, 0.15) is 66.7 Å². The molecule has 0 bridgehead atoms. The molecule has 0 saturated heterocycles. The Kier molecular flexibility index (Phi) is 11.3. The number of hydrogen-bond acceptors (Lipinski definition) is 4. The first-order chi connectivity index (χ1) is 10.3. The molecule has 0 aromatic rings. The van der Waals surface area contributed by atoms with Crippen LogP contribution in [0, 0.1) is 0 Å². The van der Waals surface area contributed by atoms with Gasteiger partial charge in [-0.05, 0) is 40.7 Å². The van der Waals surface area contributed by atoms with E-state index < -0.39 is 11.7 Å². The van der Waals surface area contributed by atoms with E-state index in [4.69, 9.17) is 4.74 Å². The molecule has 1 atom stereocenters. The molecule has 5 nitrogen and oxygen atoms in total. The van der Waals surface area contributed by atoms with Gasteiger partial charge in [0.15, 0.2) is 0 Å². The Morgan fingerprint density at radius 3 is 2.36 bits per heavy atom. The number of amides is 1. The van der Waals surface area contributed by atoms with Gasteiger partial charge in [-0.3, -0.25) is 0 Å². The number of nitrogens with one attached hydrogen (secondary N) is 1. The number of hydrogen-bond donors (Lipinski definition) is 2. The van der Waals surface area contributed by atoms with Crippen LogP contribution >= 0.6 is 0 Å². The quantitative estimate of drug-likeness (QED) is 0.575. The molecule has 0 fully saturated rings. The van der Waals surface area contributed by atoms with Crippen molar-refractivity contribution < 1.29 is 14.6 Å². The Morgan fingerprint density at radius 2 is 1.82 bits per heavy atom. The highest BCUT2D eigenvalue weighted by Crippen LogP contribution is 2.10. The van der Waals surface area contributed by atoms with Crippen molar-refractivity contribution in [2.75, 3.05) is 26.2 Å². The second-order valence-corrected chi connectivity index (χ2v) is 6.94. The largest absolute Gasteiger partial charge is 0.444 e. The molecular formula is C17H36N2O3. The lowest BCUT2D eigenvalue weighted by molar-refractivity contribution is 0.0164. The van der Waals surface area contributed by atoms with Gasteiger partial charge < -0.3 is 20.1 Å². The molecule has 22 heavy (non-hydrogen) atoms. The van der Waals surface area contributed by atoms with Crippen molar-refractivity contribution in [3.05, 3.63) is 0 Å². The number of nitrogens with zero attached hydrogens (tertiary/aromatic N) is 1. The van der Waals surface area contributed by atoms with Gasteiger partial charge in [-0.15, -0.1) is 0 Å². The van der Waals surface area contributed by atoms with Crippen molar-refractivity contribution in [1.29, 1.82) is 0 Å². The minimum atomic E-state index is -0.554. The monoisotopic (exact) mass is 316 g/mol. The zero-order valence-electron chi connectivity index (χ0n) is 15.2. The fourth-order valence-electron chi connectivity index (χ4n) is 2.10. The van der Waals surface area contributed by atoms with Crippen LogP contribution in [0.5, 0.6) is 0 Å². The van der Waals surface area contributed by atoms with E-state index in [-0.39, 0.29) is 6.09 Å². The summed E-state index contributed by atoms with van der Waals surface area (Å²) < 4.78 is 5.37. The minimum absolute atomic E-state index is 0.299. The second kappa shape index (κ2) is 11.7. The third-order valence-electron chi connectivity index (χ3n) is 3.15. The van der Waals surface area contributed by atoms with Crippen LogP contribution in [-0.2, 0) is 4.74 Å². The molecule has 0 aliphatic rings. The van der Waals surface area contributed by atoms with Crippen LogP contribution in [-0.4, -0.2) is 54.0 Å². The lowest BCUT2D eigenvalue weighted by atomic mass is 10.1. The molecule has 0 aromatic heterocycles. The van der Waals surface area contributed by atoms with Crippen LogP contribution in [0.15, 0.2) is 0 Å². The first-order valence-corrected chi connectivity index (χ1v) is 8.63. The van der Waals surface area contributed by atoms with Crippen molar-refractivity contribution in [3.63, 3.8) is 0 Å². The Hall–Kier alpha value is -0.810. The van der Waals surface area contributed by atoms with Gasteiger partial charge >= 0.3 is 6.09 Å². The van der Waals surface area contributed by atoms with Gasteiger partial charge in [-0.2, -0.15) is 0 Å². The van der Waals surface area contributed by atoms with Crippen molar-refractivity contribution in [2.45, 2.75) is 78.4 Å². The van der Waals surface area contributed by atoms with Crippen molar-refractivity contribution in [1.82, 2.24) is 10.2 Å². The summed E-state index contributed by atoms with van der Waals surface area (Å²) in [6.45, 7) is 12.0. The molecular weight excluding hydrogens is 280 g/mol. The van der Waals surface area contributed by atoms with E-state index in [1.165, 1.54) is 32.1 Å².